The standard InChI is InChI=1S/C13H28N2/c1-5-12(6-2)9-11(14)10-13(7-3,8-4)15-12/h11,15H,5-10,14H2,1-4H3. The Morgan fingerprint density at radius 2 is 1.27 bits per heavy atom. The van der Waals surface area contributed by atoms with Crippen molar-refractivity contribution in [3.05, 3.63) is 0 Å². The van der Waals surface area contributed by atoms with E-state index >= 15 is 0 Å². The third-order valence-corrected chi connectivity index (χ3v) is 4.54. The maximum atomic E-state index is 6.25. The first-order valence-electron chi connectivity index (χ1n) is 6.60. The highest BCUT2D eigenvalue weighted by Gasteiger charge is 2.42. The molecule has 90 valence electrons. The molecule has 0 bridgehead atoms. The van der Waals surface area contributed by atoms with Crippen LogP contribution in [0.4, 0.5) is 0 Å². The Morgan fingerprint density at radius 3 is 1.53 bits per heavy atom. The van der Waals surface area contributed by atoms with Crippen molar-refractivity contribution in [1.29, 1.82) is 0 Å². The Balaban J connectivity index is 2.87. The summed E-state index contributed by atoms with van der Waals surface area (Å²) in [5.74, 6) is 0. The summed E-state index contributed by atoms with van der Waals surface area (Å²) in [7, 11) is 0. The molecule has 0 atom stereocenters. The monoisotopic (exact) mass is 212 g/mol. The number of hydrogen-bond acceptors (Lipinski definition) is 2. The number of nitrogens with two attached hydrogens (primary N) is 1. The molecule has 0 radical (unpaired) electrons. The smallest absolute Gasteiger partial charge is 0.0196 e. The molecule has 1 saturated heterocycles. The summed E-state index contributed by atoms with van der Waals surface area (Å²) >= 11 is 0. The van der Waals surface area contributed by atoms with E-state index in [1.165, 1.54) is 25.7 Å². The van der Waals surface area contributed by atoms with Gasteiger partial charge in [0.15, 0.2) is 0 Å². The van der Waals surface area contributed by atoms with Crippen molar-refractivity contribution in [2.75, 3.05) is 0 Å². The molecule has 0 unspecified atom stereocenters. The van der Waals surface area contributed by atoms with Crippen molar-refractivity contribution < 1.29 is 0 Å². The number of piperidine rings is 1. The van der Waals surface area contributed by atoms with Gasteiger partial charge < -0.3 is 11.1 Å². The second-order valence-electron chi connectivity index (χ2n) is 5.27. The molecule has 1 aliphatic rings. The molecule has 0 spiro atoms. The van der Waals surface area contributed by atoms with Crippen molar-refractivity contribution in [2.45, 2.75) is 83.3 Å². The summed E-state index contributed by atoms with van der Waals surface area (Å²) in [5, 5.41) is 3.93. The minimum atomic E-state index is 0.295. The summed E-state index contributed by atoms with van der Waals surface area (Å²) < 4.78 is 0. The summed E-state index contributed by atoms with van der Waals surface area (Å²) in [6, 6.07) is 0.381. The van der Waals surface area contributed by atoms with Crippen LogP contribution in [-0.4, -0.2) is 17.1 Å². The first kappa shape index (κ1) is 13.0. The fraction of sp³-hybridized carbons (Fsp3) is 1.00. The molecule has 0 aliphatic carbocycles. The molecule has 2 heteroatoms. The lowest BCUT2D eigenvalue weighted by molar-refractivity contribution is 0.0959. The van der Waals surface area contributed by atoms with Gasteiger partial charge in [-0.1, -0.05) is 27.7 Å². The van der Waals surface area contributed by atoms with Gasteiger partial charge in [-0.25, -0.2) is 0 Å². The second-order valence-corrected chi connectivity index (χ2v) is 5.27. The van der Waals surface area contributed by atoms with E-state index in [-0.39, 0.29) is 0 Å². The van der Waals surface area contributed by atoms with Crippen LogP contribution in [0, 0.1) is 0 Å². The largest absolute Gasteiger partial charge is 0.328 e. The van der Waals surface area contributed by atoms with Crippen LogP contribution in [0.3, 0.4) is 0 Å². The molecule has 1 aliphatic heterocycles. The van der Waals surface area contributed by atoms with Gasteiger partial charge >= 0.3 is 0 Å². The number of rotatable bonds is 4. The molecule has 2 nitrogen and oxygen atoms in total. The predicted octanol–water partition coefficient (Wildman–Crippen LogP) is 2.81. The summed E-state index contributed by atoms with van der Waals surface area (Å²) in [4.78, 5) is 0. The zero-order valence-corrected chi connectivity index (χ0v) is 10.9. The lowest BCUT2D eigenvalue weighted by atomic mass is 9.72. The average molecular weight is 212 g/mol. The first-order valence-corrected chi connectivity index (χ1v) is 6.60. The maximum Gasteiger partial charge on any atom is 0.0196 e. The van der Waals surface area contributed by atoms with Gasteiger partial charge in [-0.05, 0) is 38.5 Å². The Morgan fingerprint density at radius 1 is 0.933 bits per heavy atom. The van der Waals surface area contributed by atoms with Gasteiger partial charge in [0.2, 0.25) is 0 Å². The normalized spacial score (nSPS) is 25.4. The summed E-state index contributed by atoms with van der Waals surface area (Å²) in [6.07, 6.45) is 7.05. The molecule has 0 saturated carbocycles. The fourth-order valence-electron chi connectivity index (χ4n) is 3.17. The lowest BCUT2D eigenvalue weighted by Crippen LogP contribution is -2.65. The molecule has 0 aromatic carbocycles. The second kappa shape index (κ2) is 4.84. The van der Waals surface area contributed by atoms with Crippen molar-refractivity contribution in [3.63, 3.8) is 0 Å². The highest BCUT2D eigenvalue weighted by molar-refractivity contribution is 5.04. The Bertz CT molecular complexity index is 173. The van der Waals surface area contributed by atoms with Crippen molar-refractivity contribution in [2.24, 2.45) is 5.73 Å². The van der Waals surface area contributed by atoms with E-state index in [0.29, 0.717) is 17.1 Å². The van der Waals surface area contributed by atoms with Crippen molar-refractivity contribution in [1.82, 2.24) is 5.32 Å². The van der Waals surface area contributed by atoms with Crippen LogP contribution in [0.1, 0.15) is 66.2 Å². The van der Waals surface area contributed by atoms with E-state index in [2.05, 4.69) is 33.0 Å². The maximum absolute atomic E-state index is 6.25. The van der Waals surface area contributed by atoms with E-state index < -0.39 is 0 Å². The van der Waals surface area contributed by atoms with Crippen molar-refractivity contribution in [3.8, 4) is 0 Å². The Hall–Kier alpha value is -0.0800. The SMILES string of the molecule is CCC1(CC)CC(N)CC(CC)(CC)N1. The zero-order chi connectivity index (χ0) is 11.5. The predicted molar refractivity (Wildman–Crippen MR) is 67.0 cm³/mol. The summed E-state index contributed by atoms with van der Waals surface area (Å²) in [5.41, 5.74) is 6.84. The Labute approximate surface area is 95.0 Å². The van der Waals surface area contributed by atoms with Gasteiger partial charge in [0, 0.05) is 17.1 Å². The average Bonchev–Trinajstić information content (AvgIpc) is 2.28. The fourth-order valence-corrected chi connectivity index (χ4v) is 3.17. The third-order valence-electron chi connectivity index (χ3n) is 4.54. The van der Waals surface area contributed by atoms with Gasteiger partial charge in [0.25, 0.3) is 0 Å². The first-order chi connectivity index (χ1) is 7.05. The molecule has 15 heavy (non-hydrogen) atoms. The molecular weight excluding hydrogens is 184 g/mol. The molecule has 0 aromatic rings. The van der Waals surface area contributed by atoms with Crippen LogP contribution in [0.25, 0.3) is 0 Å². The van der Waals surface area contributed by atoms with Gasteiger partial charge in [-0.3, -0.25) is 0 Å². The van der Waals surface area contributed by atoms with Gasteiger partial charge in [0.05, 0.1) is 0 Å². The molecule has 1 rings (SSSR count). The quantitative estimate of drug-likeness (QED) is 0.752. The molecule has 1 heterocycles. The van der Waals surface area contributed by atoms with Crippen LogP contribution < -0.4 is 11.1 Å². The van der Waals surface area contributed by atoms with Gasteiger partial charge in [-0.15, -0.1) is 0 Å². The van der Waals surface area contributed by atoms with E-state index in [0.717, 1.165) is 12.8 Å². The van der Waals surface area contributed by atoms with Crippen LogP contribution in [-0.2, 0) is 0 Å². The van der Waals surface area contributed by atoms with Crippen molar-refractivity contribution >= 4 is 0 Å². The third kappa shape index (κ3) is 2.54. The van der Waals surface area contributed by atoms with Gasteiger partial charge in [0.1, 0.15) is 0 Å². The molecule has 0 amide bonds. The topological polar surface area (TPSA) is 38.0 Å². The van der Waals surface area contributed by atoms with Gasteiger partial charge in [-0.2, -0.15) is 0 Å². The minimum Gasteiger partial charge on any atom is -0.328 e. The molecule has 0 aromatic heterocycles. The van der Waals surface area contributed by atoms with Crippen LogP contribution >= 0.6 is 0 Å². The Kier molecular flexibility index (Phi) is 4.19. The highest BCUT2D eigenvalue weighted by atomic mass is 15.1. The highest BCUT2D eigenvalue weighted by Crippen LogP contribution is 2.36. The van der Waals surface area contributed by atoms with Crippen LogP contribution in [0.2, 0.25) is 0 Å². The molecule has 3 N–H and O–H groups in total. The van der Waals surface area contributed by atoms with E-state index in [1.807, 2.05) is 0 Å². The zero-order valence-electron chi connectivity index (χ0n) is 10.9. The molecule has 1 fully saturated rings. The van der Waals surface area contributed by atoms with Crippen LogP contribution in [0.5, 0.6) is 0 Å². The summed E-state index contributed by atoms with van der Waals surface area (Å²) in [6.45, 7) is 9.13. The van der Waals surface area contributed by atoms with E-state index in [9.17, 15) is 0 Å². The number of nitrogens with one attached hydrogen (secondary N) is 1. The van der Waals surface area contributed by atoms with Crippen LogP contribution in [0.15, 0.2) is 0 Å². The number of hydrogen-bond donors (Lipinski definition) is 2. The molecular formula is C13H28N2. The van der Waals surface area contributed by atoms with E-state index in [1.54, 1.807) is 0 Å². The van der Waals surface area contributed by atoms with E-state index in [4.69, 9.17) is 5.73 Å². The minimum absolute atomic E-state index is 0.295. The lowest BCUT2D eigenvalue weighted by Gasteiger charge is -2.51.